The van der Waals surface area contributed by atoms with Crippen LogP contribution < -0.4 is 4.90 Å². The van der Waals surface area contributed by atoms with Crippen molar-refractivity contribution in [2.45, 2.75) is 23.8 Å². The van der Waals surface area contributed by atoms with Gasteiger partial charge in [-0.15, -0.1) is 0 Å². The second-order valence-electron chi connectivity index (χ2n) is 7.67. The number of pyridine rings is 1. The molecule has 1 aliphatic rings. The fraction of sp³-hybridized carbons (Fsp3) is 0.208. The van der Waals surface area contributed by atoms with Crippen LogP contribution in [0.15, 0.2) is 77.8 Å². The van der Waals surface area contributed by atoms with Gasteiger partial charge < -0.3 is 0 Å². The van der Waals surface area contributed by atoms with Crippen molar-refractivity contribution in [2.75, 3.05) is 18.0 Å². The molecule has 1 fully saturated rings. The first kappa shape index (κ1) is 22.8. The van der Waals surface area contributed by atoms with E-state index in [9.17, 15) is 22.4 Å². The van der Waals surface area contributed by atoms with Crippen LogP contribution in [-0.2, 0) is 10.0 Å². The Morgan fingerprint density at radius 2 is 1.73 bits per heavy atom. The summed E-state index contributed by atoms with van der Waals surface area (Å²) in [5.41, 5.74) is 0.321. The molecule has 2 heterocycles. The van der Waals surface area contributed by atoms with Gasteiger partial charge in [-0.2, -0.15) is 4.31 Å². The molecule has 3 aromatic rings. The number of rotatable bonds is 6. The highest BCUT2D eigenvalue weighted by Crippen LogP contribution is 2.27. The van der Waals surface area contributed by atoms with Gasteiger partial charge in [-0.25, -0.2) is 17.8 Å². The Morgan fingerprint density at radius 3 is 2.33 bits per heavy atom. The molecule has 0 atom stereocenters. The minimum Gasteiger partial charge on any atom is -0.298 e. The molecule has 0 saturated carbocycles. The van der Waals surface area contributed by atoms with Crippen molar-refractivity contribution in [2.24, 2.45) is 0 Å². The normalized spacial score (nSPS) is 15.2. The fourth-order valence-electron chi connectivity index (χ4n) is 3.93. The number of carbonyl (C=O) groups excluding carboxylic acids is 2. The van der Waals surface area contributed by atoms with Gasteiger partial charge in [0.05, 0.1) is 10.5 Å². The number of nitrogens with zero attached hydrogens (tertiary/aromatic N) is 3. The standard InChI is InChI=1S/C24H22FN3O4S/c25-22-16-21(10-9-19(22)17-29)33(31,32)27-14-11-20(12-15-27)28(23-8-4-5-13-26-23)24(30)18-6-2-1-3-7-18/h1-10,13,16-17,20H,11-12,14-15H2. The van der Waals surface area contributed by atoms with Crippen molar-refractivity contribution in [3.05, 3.63) is 89.9 Å². The van der Waals surface area contributed by atoms with Gasteiger partial charge in [-0.3, -0.25) is 14.5 Å². The largest absolute Gasteiger partial charge is 0.298 e. The molecule has 7 nitrogen and oxygen atoms in total. The second-order valence-corrected chi connectivity index (χ2v) is 9.60. The number of halogens is 1. The maximum atomic E-state index is 14.0. The quantitative estimate of drug-likeness (QED) is 0.518. The molecule has 0 N–H and O–H groups in total. The first-order valence-corrected chi connectivity index (χ1v) is 11.9. The predicted molar refractivity (Wildman–Crippen MR) is 121 cm³/mol. The van der Waals surface area contributed by atoms with Crippen molar-refractivity contribution >= 4 is 28.0 Å². The lowest BCUT2D eigenvalue weighted by Crippen LogP contribution is -2.49. The number of hydrogen-bond donors (Lipinski definition) is 0. The van der Waals surface area contributed by atoms with Crippen molar-refractivity contribution < 1.29 is 22.4 Å². The van der Waals surface area contributed by atoms with Crippen LogP contribution in [-0.4, -0.2) is 49.0 Å². The third-order valence-electron chi connectivity index (χ3n) is 5.66. The van der Waals surface area contributed by atoms with Crippen LogP contribution in [0.4, 0.5) is 10.2 Å². The van der Waals surface area contributed by atoms with Crippen LogP contribution in [0.2, 0.25) is 0 Å². The Balaban J connectivity index is 1.56. The van der Waals surface area contributed by atoms with Gasteiger partial charge in [0.2, 0.25) is 10.0 Å². The lowest BCUT2D eigenvalue weighted by molar-refractivity contribution is 0.0966. The molecule has 0 aliphatic carbocycles. The molecule has 0 spiro atoms. The predicted octanol–water partition coefficient (Wildman–Crippen LogP) is 3.53. The van der Waals surface area contributed by atoms with Crippen LogP contribution in [0.1, 0.15) is 33.6 Å². The first-order chi connectivity index (χ1) is 15.9. The maximum Gasteiger partial charge on any atom is 0.259 e. The third kappa shape index (κ3) is 4.69. The Labute approximate surface area is 191 Å². The van der Waals surface area contributed by atoms with Gasteiger partial charge in [0.1, 0.15) is 11.6 Å². The summed E-state index contributed by atoms with van der Waals surface area (Å²) in [4.78, 5) is 29.9. The number of piperidine rings is 1. The molecule has 0 unspecified atom stereocenters. The molecule has 9 heteroatoms. The number of aromatic nitrogens is 1. The summed E-state index contributed by atoms with van der Waals surface area (Å²) in [6.45, 7) is 0.324. The van der Waals surface area contributed by atoms with E-state index in [2.05, 4.69) is 4.98 Å². The first-order valence-electron chi connectivity index (χ1n) is 10.5. The zero-order chi connectivity index (χ0) is 23.4. The van der Waals surface area contributed by atoms with Crippen molar-refractivity contribution in [1.82, 2.24) is 9.29 Å². The van der Waals surface area contributed by atoms with E-state index in [1.54, 1.807) is 53.6 Å². The number of amides is 1. The summed E-state index contributed by atoms with van der Waals surface area (Å²) in [6.07, 6.45) is 2.73. The summed E-state index contributed by atoms with van der Waals surface area (Å²) in [6, 6.07) is 17.2. The van der Waals surface area contributed by atoms with E-state index >= 15 is 0 Å². The Hall–Kier alpha value is -3.43. The number of benzene rings is 2. The summed E-state index contributed by atoms with van der Waals surface area (Å²) < 4.78 is 41.3. The monoisotopic (exact) mass is 467 g/mol. The highest BCUT2D eigenvalue weighted by Gasteiger charge is 2.35. The zero-order valence-electron chi connectivity index (χ0n) is 17.7. The van der Waals surface area contributed by atoms with Crippen LogP contribution in [0.5, 0.6) is 0 Å². The van der Waals surface area contributed by atoms with Crippen LogP contribution in [0.25, 0.3) is 0 Å². The van der Waals surface area contributed by atoms with E-state index in [1.807, 2.05) is 6.07 Å². The van der Waals surface area contributed by atoms with Gasteiger partial charge in [0.15, 0.2) is 6.29 Å². The molecule has 1 saturated heterocycles. The summed E-state index contributed by atoms with van der Waals surface area (Å²) in [7, 11) is -3.94. The van der Waals surface area contributed by atoms with E-state index in [4.69, 9.17) is 0 Å². The van der Waals surface area contributed by atoms with Gasteiger partial charge in [-0.05, 0) is 55.3 Å². The molecule has 1 aliphatic heterocycles. The molecule has 170 valence electrons. The van der Waals surface area contributed by atoms with Gasteiger partial charge in [0, 0.05) is 30.9 Å². The van der Waals surface area contributed by atoms with Crippen molar-refractivity contribution in [3.63, 3.8) is 0 Å². The molecule has 0 bridgehead atoms. The lowest BCUT2D eigenvalue weighted by Gasteiger charge is -2.37. The minimum absolute atomic E-state index is 0.162. The molecular weight excluding hydrogens is 445 g/mol. The molecule has 1 amide bonds. The average Bonchev–Trinajstić information content (AvgIpc) is 2.85. The Bertz CT molecular complexity index is 1250. The van der Waals surface area contributed by atoms with E-state index < -0.39 is 15.8 Å². The summed E-state index contributed by atoms with van der Waals surface area (Å²) in [5, 5.41) is 0. The molecule has 0 radical (unpaired) electrons. The van der Waals surface area contributed by atoms with Crippen LogP contribution >= 0.6 is 0 Å². The topological polar surface area (TPSA) is 87.7 Å². The van der Waals surface area contributed by atoms with Gasteiger partial charge in [0.25, 0.3) is 5.91 Å². The van der Waals surface area contributed by atoms with Crippen molar-refractivity contribution in [3.8, 4) is 0 Å². The fourth-order valence-corrected chi connectivity index (χ4v) is 5.41. The van der Waals surface area contributed by atoms with Gasteiger partial charge in [-0.1, -0.05) is 24.3 Å². The highest BCUT2D eigenvalue weighted by molar-refractivity contribution is 7.89. The van der Waals surface area contributed by atoms with E-state index in [0.29, 0.717) is 30.5 Å². The average molecular weight is 468 g/mol. The number of sulfonamides is 1. The maximum absolute atomic E-state index is 14.0. The van der Waals surface area contributed by atoms with Crippen LogP contribution in [0, 0.1) is 5.82 Å². The molecule has 2 aromatic carbocycles. The Morgan fingerprint density at radius 1 is 1.03 bits per heavy atom. The molecular formula is C24H22FN3O4S. The lowest BCUT2D eigenvalue weighted by atomic mass is 10.0. The van der Waals surface area contributed by atoms with Gasteiger partial charge >= 0.3 is 0 Å². The van der Waals surface area contributed by atoms with Crippen LogP contribution in [0.3, 0.4) is 0 Å². The smallest absolute Gasteiger partial charge is 0.259 e. The second kappa shape index (κ2) is 9.60. The van der Waals surface area contributed by atoms with E-state index in [-0.39, 0.29) is 35.5 Å². The molecule has 33 heavy (non-hydrogen) atoms. The number of aldehydes is 1. The number of hydrogen-bond acceptors (Lipinski definition) is 5. The number of anilines is 1. The molecule has 4 rings (SSSR count). The Kier molecular flexibility index (Phi) is 6.62. The highest BCUT2D eigenvalue weighted by atomic mass is 32.2. The van der Waals surface area contributed by atoms with Crippen molar-refractivity contribution in [1.29, 1.82) is 0 Å². The molecule has 1 aromatic heterocycles. The summed E-state index contributed by atoms with van der Waals surface area (Å²) in [5.74, 6) is -0.586. The third-order valence-corrected chi connectivity index (χ3v) is 7.56. The number of carbonyl (C=O) groups is 2. The summed E-state index contributed by atoms with van der Waals surface area (Å²) >= 11 is 0. The zero-order valence-corrected chi connectivity index (χ0v) is 18.5. The SMILES string of the molecule is O=Cc1ccc(S(=O)(=O)N2CCC(N(C(=O)c3ccccc3)c3ccccn3)CC2)cc1F. The van der Waals surface area contributed by atoms with E-state index in [1.165, 1.54) is 10.4 Å². The minimum atomic E-state index is -3.94. The van der Waals surface area contributed by atoms with E-state index in [0.717, 1.165) is 12.1 Å².